The molecule has 494 valence electrons. The maximum absolute atomic E-state index is 13.5. The van der Waals surface area contributed by atoms with Crippen molar-refractivity contribution in [3.05, 3.63) is 146 Å². The van der Waals surface area contributed by atoms with Gasteiger partial charge in [0.05, 0.1) is 25.4 Å². The number of hydrogen-bond acceptors (Lipinski definition) is 10. The van der Waals surface area contributed by atoms with Crippen LogP contribution in [-0.2, 0) is 23.8 Å². The molecule has 1 saturated heterocycles. The average molecular weight is 1210 g/mol. The van der Waals surface area contributed by atoms with Crippen LogP contribution in [0.1, 0.15) is 258 Å². The van der Waals surface area contributed by atoms with Gasteiger partial charge in [-0.2, -0.15) is 0 Å². The number of allylic oxidation sites excluding steroid dienone is 23. The summed E-state index contributed by atoms with van der Waals surface area (Å²) in [7, 11) is 0. The number of nitrogens with one attached hydrogen (secondary N) is 1. The third-order valence-electron chi connectivity index (χ3n) is 15.2. The molecule has 6 N–H and O–H groups in total. The molecule has 11 nitrogen and oxygen atoms in total. The van der Waals surface area contributed by atoms with Crippen molar-refractivity contribution in [2.24, 2.45) is 0 Å². The zero-order chi connectivity index (χ0) is 63.1. The van der Waals surface area contributed by atoms with E-state index in [0.717, 1.165) is 116 Å². The van der Waals surface area contributed by atoms with Gasteiger partial charge in [-0.05, 0) is 109 Å². The molecule has 8 unspecified atom stereocenters. The first-order valence-corrected chi connectivity index (χ1v) is 34.6. The van der Waals surface area contributed by atoms with Crippen LogP contribution in [0.4, 0.5) is 0 Å². The molecule has 1 fully saturated rings. The number of aliphatic hydroxyl groups excluding tert-OH is 5. The van der Waals surface area contributed by atoms with Gasteiger partial charge in [-0.25, -0.2) is 0 Å². The number of carbonyl (C=O) groups is 2. The van der Waals surface area contributed by atoms with Gasteiger partial charge in [0, 0.05) is 6.42 Å². The Morgan fingerprint density at radius 3 is 1.24 bits per heavy atom. The van der Waals surface area contributed by atoms with Gasteiger partial charge in [0.15, 0.2) is 12.4 Å². The van der Waals surface area contributed by atoms with Gasteiger partial charge in [0.1, 0.15) is 24.4 Å². The largest absolute Gasteiger partial charge is 0.454 e. The zero-order valence-corrected chi connectivity index (χ0v) is 54.8. The third-order valence-corrected chi connectivity index (χ3v) is 15.2. The summed E-state index contributed by atoms with van der Waals surface area (Å²) >= 11 is 0. The first kappa shape index (κ1) is 80.6. The molecule has 1 aliphatic heterocycles. The molecule has 0 bridgehead atoms. The number of ether oxygens (including phenoxy) is 3. The highest BCUT2D eigenvalue weighted by Crippen LogP contribution is 2.26. The Kier molecular flexibility index (Phi) is 57.2. The summed E-state index contributed by atoms with van der Waals surface area (Å²) in [5.41, 5.74) is 0. The molecular weight excluding hydrogens is 1090 g/mol. The second-order valence-electron chi connectivity index (χ2n) is 23.1. The lowest BCUT2D eigenvalue weighted by atomic mass is 9.99. The SMILES string of the molecule is CC/C=C\C/C=C\C/C=C\C/C=C\C/C=C\C/C=C\CCC(=O)OC1C(OCC(NC(=O)C(O)CCCCCCCCCCCC/C=C\C/C=C\C/C=C\C/C=C\C/C=C\CC)C(O)/C=C/CCCCCCCCCCCCC)OC(CO)C(O)C1O. The van der Waals surface area contributed by atoms with E-state index in [2.05, 4.69) is 148 Å². The molecule has 11 heteroatoms. The smallest absolute Gasteiger partial charge is 0.306 e. The van der Waals surface area contributed by atoms with Gasteiger partial charge in [-0.15, -0.1) is 0 Å². The standard InChI is InChI=1S/C76H125NO10/c1-4-7-10-13-16-19-22-25-27-29-31-32-33-34-35-36-37-39-40-42-45-48-51-54-57-60-63-69(80)75(84)77-67(68(79)62-59-56-53-50-47-44-24-21-18-15-12-9-6-3)66-85-76-74(73(83)72(82)70(65-78)86-76)87-71(81)64-61-58-55-52-49-46-43-41-38-30-28-26-23-20-17-14-11-8-5-2/h7-8,10-11,16-17,19-20,25-28,31-32,34-35,38,41,46,49,55,58-59,62,67-70,72-74,76,78-80,82-83H,4-6,9,12-15,18,21-24,29-30,33,36-37,39-40,42-45,47-48,50-54,56-57,60-61,63-66H2,1-3H3,(H,77,84)/b10-7-,11-8-,19-16-,20-17-,27-25-,28-26-,32-31-,35-34-,41-38-,49-46-,58-55-,62-59+. The van der Waals surface area contributed by atoms with Crippen LogP contribution in [0.15, 0.2) is 146 Å². The minimum absolute atomic E-state index is 0.00918. The number of unbranched alkanes of at least 4 members (excludes halogenated alkanes) is 21. The van der Waals surface area contributed by atoms with E-state index in [0.29, 0.717) is 19.3 Å². The molecule has 0 aliphatic carbocycles. The fourth-order valence-corrected chi connectivity index (χ4v) is 9.88. The molecule has 0 saturated carbocycles. The van der Waals surface area contributed by atoms with Crippen molar-refractivity contribution in [1.29, 1.82) is 0 Å². The molecule has 87 heavy (non-hydrogen) atoms. The highest BCUT2D eigenvalue weighted by molar-refractivity contribution is 5.80. The Balaban J connectivity index is 2.65. The van der Waals surface area contributed by atoms with E-state index in [1.165, 1.54) is 89.9 Å². The molecule has 1 amide bonds. The predicted molar refractivity (Wildman–Crippen MR) is 365 cm³/mol. The lowest BCUT2D eigenvalue weighted by Gasteiger charge is -2.41. The van der Waals surface area contributed by atoms with Crippen molar-refractivity contribution < 1.29 is 49.3 Å². The highest BCUT2D eigenvalue weighted by atomic mass is 16.7. The van der Waals surface area contributed by atoms with Crippen LogP contribution in [0.25, 0.3) is 0 Å². The van der Waals surface area contributed by atoms with E-state index in [4.69, 9.17) is 14.2 Å². The minimum atomic E-state index is -1.66. The minimum Gasteiger partial charge on any atom is -0.454 e. The van der Waals surface area contributed by atoms with Crippen LogP contribution in [-0.4, -0.2) is 99.6 Å². The summed E-state index contributed by atoms with van der Waals surface area (Å²) in [6, 6.07) is -1.05. The molecule has 0 aromatic heterocycles. The number of amides is 1. The van der Waals surface area contributed by atoms with Crippen molar-refractivity contribution >= 4 is 11.9 Å². The number of aliphatic hydroxyl groups is 5. The molecule has 0 aromatic rings. The third kappa shape index (κ3) is 49.1. The quantitative estimate of drug-likeness (QED) is 0.0195. The Hall–Kier alpha value is -4.46. The normalized spacial score (nSPS) is 19.2. The van der Waals surface area contributed by atoms with Crippen LogP contribution < -0.4 is 5.32 Å². The summed E-state index contributed by atoms with van der Waals surface area (Å²) in [5, 5.41) is 57.2. The fraction of sp³-hybridized carbons (Fsp3) is 0.658. The van der Waals surface area contributed by atoms with E-state index < -0.39 is 67.4 Å². The van der Waals surface area contributed by atoms with Gasteiger partial charge in [-0.3, -0.25) is 9.59 Å². The molecule has 0 radical (unpaired) electrons. The van der Waals surface area contributed by atoms with Crippen LogP contribution >= 0.6 is 0 Å². The van der Waals surface area contributed by atoms with E-state index in [1.54, 1.807) is 6.08 Å². The summed E-state index contributed by atoms with van der Waals surface area (Å²) < 4.78 is 17.6. The second-order valence-corrected chi connectivity index (χ2v) is 23.1. The van der Waals surface area contributed by atoms with Crippen LogP contribution in [0.5, 0.6) is 0 Å². The van der Waals surface area contributed by atoms with Crippen LogP contribution in [0.3, 0.4) is 0 Å². The first-order chi connectivity index (χ1) is 42.7. The summed E-state index contributed by atoms with van der Waals surface area (Å²) in [6.45, 7) is 5.53. The predicted octanol–water partition coefficient (Wildman–Crippen LogP) is 17.7. The van der Waals surface area contributed by atoms with Crippen LogP contribution in [0.2, 0.25) is 0 Å². The molecule has 1 aliphatic rings. The van der Waals surface area contributed by atoms with Crippen molar-refractivity contribution in [3.63, 3.8) is 0 Å². The molecule has 1 rings (SSSR count). The monoisotopic (exact) mass is 1210 g/mol. The Bertz CT molecular complexity index is 1980. The topological polar surface area (TPSA) is 175 Å². The van der Waals surface area contributed by atoms with Gasteiger partial charge in [0.25, 0.3) is 0 Å². The molecule has 8 atom stereocenters. The van der Waals surface area contributed by atoms with Gasteiger partial charge >= 0.3 is 5.97 Å². The molecule has 1 heterocycles. The van der Waals surface area contributed by atoms with Crippen molar-refractivity contribution in [3.8, 4) is 0 Å². The molecular formula is C76H125NO10. The summed E-state index contributed by atoms with van der Waals surface area (Å²) in [6.07, 6.45) is 78.9. The molecule has 0 aromatic carbocycles. The van der Waals surface area contributed by atoms with Crippen LogP contribution in [0, 0.1) is 0 Å². The van der Waals surface area contributed by atoms with Gasteiger partial charge in [0.2, 0.25) is 5.91 Å². The maximum atomic E-state index is 13.5. The number of hydrogen-bond donors (Lipinski definition) is 6. The first-order valence-electron chi connectivity index (χ1n) is 34.6. The average Bonchev–Trinajstić information content (AvgIpc) is 2.51. The van der Waals surface area contributed by atoms with E-state index in [-0.39, 0.29) is 19.4 Å². The Labute approximate surface area is 530 Å². The van der Waals surface area contributed by atoms with E-state index in [9.17, 15) is 35.1 Å². The number of carbonyl (C=O) groups excluding carboxylic acids is 2. The highest BCUT2D eigenvalue weighted by Gasteiger charge is 2.47. The van der Waals surface area contributed by atoms with Crippen molar-refractivity contribution in [2.75, 3.05) is 13.2 Å². The zero-order valence-electron chi connectivity index (χ0n) is 54.8. The second kappa shape index (κ2) is 61.8. The molecule has 0 spiro atoms. The maximum Gasteiger partial charge on any atom is 0.306 e. The number of rotatable bonds is 57. The van der Waals surface area contributed by atoms with Crippen molar-refractivity contribution in [2.45, 2.75) is 307 Å². The fourth-order valence-electron chi connectivity index (χ4n) is 9.88. The lowest BCUT2D eigenvalue weighted by molar-refractivity contribution is -0.305. The van der Waals surface area contributed by atoms with Crippen molar-refractivity contribution in [1.82, 2.24) is 5.32 Å². The van der Waals surface area contributed by atoms with E-state index in [1.807, 2.05) is 18.2 Å². The lowest BCUT2D eigenvalue weighted by Crippen LogP contribution is -2.61. The number of esters is 1. The Morgan fingerprint density at radius 2 is 0.828 bits per heavy atom. The van der Waals surface area contributed by atoms with E-state index >= 15 is 0 Å². The summed E-state index contributed by atoms with van der Waals surface area (Å²) in [4.78, 5) is 26.6. The summed E-state index contributed by atoms with van der Waals surface area (Å²) in [5.74, 6) is -1.29. The Morgan fingerprint density at radius 1 is 0.460 bits per heavy atom. The van der Waals surface area contributed by atoms with Gasteiger partial charge in [-0.1, -0.05) is 289 Å². The van der Waals surface area contributed by atoms with Gasteiger partial charge < -0.3 is 45.1 Å².